The average Bonchev–Trinajstić information content (AvgIpc) is 2.03. The first kappa shape index (κ1) is 9.16. The van der Waals surface area contributed by atoms with Crippen LogP contribution in [0.5, 0.6) is 0 Å². The highest BCUT2D eigenvalue weighted by Gasteiger charge is 2.23. The van der Waals surface area contributed by atoms with Gasteiger partial charge in [0, 0.05) is 11.7 Å². The zero-order chi connectivity index (χ0) is 9.19. The van der Waals surface area contributed by atoms with Gasteiger partial charge in [-0.25, -0.2) is 0 Å². The first-order valence-corrected chi connectivity index (χ1v) is 3.97. The lowest BCUT2D eigenvalue weighted by Crippen LogP contribution is -2.44. The topological polar surface area (TPSA) is 64.9 Å². The Labute approximate surface area is 72.8 Å². The van der Waals surface area contributed by atoms with E-state index in [1.54, 1.807) is 6.20 Å². The van der Waals surface area contributed by atoms with Gasteiger partial charge < -0.3 is 11.5 Å². The van der Waals surface area contributed by atoms with Gasteiger partial charge >= 0.3 is 0 Å². The van der Waals surface area contributed by atoms with E-state index in [0.29, 0.717) is 0 Å². The lowest BCUT2D eigenvalue weighted by Gasteiger charge is -2.26. The number of aromatic nitrogens is 1. The number of hydrogen-bond donors (Lipinski definition) is 2. The molecule has 1 unspecified atom stereocenters. The third-order valence-electron chi connectivity index (χ3n) is 1.81. The lowest BCUT2D eigenvalue weighted by atomic mass is 9.94. The second kappa shape index (κ2) is 3.21. The van der Waals surface area contributed by atoms with Gasteiger partial charge in [-0.05, 0) is 26.0 Å². The molecule has 0 aliphatic carbocycles. The molecule has 0 amide bonds. The Kier molecular flexibility index (Phi) is 2.45. The number of hydrogen-bond acceptors (Lipinski definition) is 3. The maximum atomic E-state index is 5.88. The molecule has 4 N–H and O–H groups in total. The molecule has 66 valence electrons. The molecule has 0 radical (unpaired) electrons. The van der Waals surface area contributed by atoms with Crippen molar-refractivity contribution in [1.82, 2.24) is 4.98 Å². The lowest BCUT2D eigenvalue weighted by molar-refractivity contribution is 0.413. The van der Waals surface area contributed by atoms with Crippen LogP contribution < -0.4 is 11.5 Å². The monoisotopic (exact) mass is 165 g/mol. The van der Waals surface area contributed by atoms with Crippen molar-refractivity contribution in [1.29, 1.82) is 0 Å². The minimum absolute atomic E-state index is 0.210. The molecule has 0 aliphatic heterocycles. The zero-order valence-corrected chi connectivity index (χ0v) is 7.49. The molecule has 0 aliphatic rings. The third-order valence-corrected chi connectivity index (χ3v) is 1.81. The molecule has 0 saturated carbocycles. The highest BCUT2D eigenvalue weighted by Crippen LogP contribution is 2.17. The molecule has 3 heteroatoms. The molecule has 0 aromatic carbocycles. The summed E-state index contributed by atoms with van der Waals surface area (Å²) < 4.78 is 0. The molecule has 1 rings (SSSR count). The van der Waals surface area contributed by atoms with Gasteiger partial charge in [0.05, 0.1) is 11.7 Å². The molecule has 0 bridgehead atoms. The molecular weight excluding hydrogens is 150 g/mol. The summed E-state index contributed by atoms with van der Waals surface area (Å²) in [6.07, 6.45) is 1.72. The fraction of sp³-hybridized carbons (Fsp3) is 0.444. The summed E-state index contributed by atoms with van der Waals surface area (Å²) in [7, 11) is 0. The molecule has 12 heavy (non-hydrogen) atoms. The number of rotatable bonds is 2. The van der Waals surface area contributed by atoms with E-state index in [1.165, 1.54) is 0 Å². The molecule has 1 heterocycles. The highest BCUT2D eigenvalue weighted by atomic mass is 14.9. The van der Waals surface area contributed by atoms with Crippen molar-refractivity contribution < 1.29 is 0 Å². The number of nitrogens with two attached hydrogens (primary N) is 2. The largest absolute Gasteiger partial charge is 0.324 e. The predicted octanol–water partition coefficient (Wildman–Crippen LogP) is 0.819. The zero-order valence-electron chi connectivity index (χ0n) is 7.49. The van der Waals surface area contributed by atoms with Crippen LogP contribution in [-0.4, -0.2) is 10.5 Å². The molecule has 0 spiro atoms. The Hall–Kier alpha value is -0.930. The summed E-state index contributed by atoms with van der Waals surface area (Å²) >= 11 is 0. The molecule has 1 aromatic rings. The maximum absolute atomic E-state index is 5.88. The van der Waals surface area contributed by atoms with Gasteiger partial charge in [-0.3, -0.25) is 4.98 Å². The quantitative estimate of drug-likeness (QED) is 0.681. The smallest absolute Gasteiger partial charge is 0.0647 e. The van der Waals surface area contributed by atoms with Crippen LogP contribution in [0.3, 0.4) is 0 Å². The molecule has 3 nitrogen and oxygen atoms in total. The van der Waals surface area contributed by atoms with Crippen LogP contribution in [0.4, 0.5) is 0 Å². The fourth-order valence-electron chi connectivity index (χ4n) is 0.941. The van der Waals surface area contributed by atoms with Gasteiger partial charge in [0.25, 0.3) is 0 Å². The molecule has 0 fully saturated rings. The van der Waals surface area contributed by atoms with Gasteiger partial charge in [0.15, 0.2) is 0 Å². The van der Waals surface area contributed by atoms with Gasteiger partial charge in [0.1, 0.15) is 0 Å². The molecular formula is C9H15N3. The Morgan fingerprint density at radius 3 is 2.50 bits per heavy atom. The Morgan fingerprint density at radius 1 is 1.42 bits per heavy atom. The normalized spacial score (nSPS) is 14.3. The second-order valence-corrected chi connectivity index (χ2v) is 3.55. The Morgan fingerprint density at radius 2 is 2.08 bits per heavy atom. The summed E-state index contributed by atoms with van der Waals surface area (Å²) in [5, 5.41) is 0. The van der Waals surface area contributed by atoms with E-state index in [2.05, 4.69) is 4.98 Å². The van der Waals surface area contributed by atoms with Crippen molar-refractivity contribution in [2.24, 2.45) is 11.5 Å². The van der Waals surface area contributed by atoms with Crippen molar-refractivity contribution in [3.8, 4) is 0 Å². The van der Waals surface area contributed by atoms with Crippen molar-refractivity contribution in [2.45, 2.75) is 25.4 Å². The van der Waals surface area contributed by atoms with Crippen LogP contribution in [0.25, 0.3) is 0 Å². The van der Waals surface area contributed by atoms with E-state index in [-0.39, 0.29) is 6.04 Å². The van der Waals surface area contributed by atoms with E-state index in [0.717, 1.165) is 5.69 Å². The second-order valence-electron chi connectivity index (χ2n) is 3.55. The van der Waals surface area contributed by atoms with Crippen molar-refractivity contribution in [3.05, 3.63) is 30.1 Å². The minimum atomic E-state index is -0.422. The minimum Gasteiger partial charge on any atom is -0.324 e. The Balaban J connectivity index is 2.86. The van der Waals surface area contributed by atoms with E-state index < -0.39 is 5.54 Å². The fourth-order valence-corrected chi connectivity index (χ4v) is 0.941. The molecule has 1 atom stereocenters. The molecule has 0 saturated heterocycles. The van der Waals surface area contributed by atoms with Crippen molar-refractivity contribution >= 4 is 0 Å². The average molecular weight is 165 g/mol. The summed E-state index contributed by atoms with van der Waals surface area (Å²) in [6.45, 7) is 3.79. The predicted molar refractivity (Wildman–Crippen MR) is 49.4 cm³/mol. The van der Waals surface area contributed by atoms with Crippen LogP contribution in [0, 0.1) is 0 Å². The summed E-state index contributed by atoms with van der Waals surface area (Å²) in [5.74, 6) is 0. The number of pyridine rings is 1. The van der Waals surface area contributed by atoms with Gasteiger partial charge in [0.2, 0.25) is 0 Å². The van der Waals surface area contributed by atoms with E-state index in [1.807, 2.05) is 32.0 Å². The van der Waals surface area contributed by atoms with Crippen LogP contribution in [0.15, 0.2) is 24.4 Å². The van der Waals surface area contributed by atoms with Crippen LogP contribution >= 0.6 is 0 Å². The number of nitrogens with zero attached hydrogens (tertiary/aromatic N) is 1. The standard InChI is InChI=1S/C9H15N3/c1-9(2,11)8(10)7-5-3-4-6-12-7/h3-6,8H,10-11H2,1-2H3. The summed E-state index contributed by atoms with van der Waals surface area (Å²) in [6, 6.07) is 5.45. The van der Waals surface area contributed by atoms with Gasteiger partial charge in [-0.1, -0.05) is 6.07 Å². The maximum Gasteiger partial charge on any atom is 0.0647 e. The first-order chi connectivity index (χ1) is 5.52. The van der Waals surface area contributed by atoms with E-state index in [9.17, 15) is 0 Å². The van der Waals surface area contributed by atoms with Crippen LogP contribution in [0.2, 0.25) is 0 Å². The Bertz CT molecular complexity index is 238. The molecule has 1 aromatic heterocycles. The van der Waals surface area contributed by atoms with Gasteiger partial charge in [-0.15, -0.1) is 0 Å². The third kappa shape index (κ3) is 2.03. The van der Waals surface area contributed by atoms with Crippen molar-refractivity contribution in [3.63, 3.8) is 0 Å². The van der Waals surface area contributed by atoms with Crippen molar-refractivity contribution in [2.75, 3.05) is 0 Å². The SMILES string of the molecule is CC(C)(N)C(N)c1ccccn1. The first-order valence-electron chi connectivity index (χ1n) is 3.97. The van der Waals surface area contributed by atoms with Crippen LogP contribution in [-0.2, 0) is 0 Å². The summed E-state index contributed by atoms with van der Waals surface area (Å²) in [5.41, 5.74) is 12.1. The van der Waals surface area contributed by atoms with Gasteiger partial charge in [-0.2, -0.15) is 0 Å². The highest BCUT2D eigenvalue weighted by molar-refractivity contribution is 5.12. The van der Waals surface area contributed by atoms with E-state index in [4.69, 9.17) is 11.5 Å². The summed E-state index contributed by atoms with van der Waals surface area (Å²) in [4.78, 5) is 4.14. The van der Waals surface area contributed by atoms with E-state index >= 15 is 0 Å². The van der Waals surface area contributed by atoms with Crippen LogP contribution in [0.1, 0.15) is 25.6 Å².